The first kappa shape index (κ1) is 21.4. The Hall–Kier alpha value is -2.83. The summed E-state index contributed by atoms with van der Waals surface area (Å²) in [6, 6.07) is 13.2. The topological polar surface area (TPSA) is 47.8 Å². The van der Waals surface area contributed by atoms with Crippen molar-refractivity contribution in [3.8, 4) is 0 Å². The molecule has 4 aromatic rings. The molecule has 0 aliphatic heterocycles. The van der Waals surface area contributed by atoms with Crippen LogP contribution in [-0.4, -0.2) is 28.5 Å². The van der Waals surface area contributed by atoms with Gasteiger partial charge in [-0.15, -0.1) is 23.1 Å². The van der Waals surface area contributed by atoms with E-state index in [-0.39, 0.29) is 12.4 Å². The van der Waals surface area contributed by atoms with Crippen molar-refractivity contribution in [1.82, 2.24) is 4.40 Å². The van der Waals surface area contributed by atoms with Crippen molar-refractivity contribution in [3.05, 3.63) is 82.4 Å². The number of pyridine rings is 1. The van der Waals surface area contributed by atoms with Crippen molar-refractivity contribution >= 4 is 51.3 Å². The number of carbonyl (C=O) groups is 2. The van der Waals surface area contributed by atoms with Gasteiger partial charge in [0.15, 0.2) is 0 Å². The molecule has 0 atom stereocenters. The van der Waals surface area contributed by atoms with Crippen molar-refractivity contribution in [3.63, 3.8) is 0 Å². The number of carbonyl (C=O) groups excluding carboxylic acids is 2. The molecule has 0 radical (unpaired) electrons. The average Bonchev–Trinajstić information content (AvgIpc) is 3.27. The molecule has 0 fully saturated rings. The number of esters is 1. The van der Waals surface area contributed by atoms with E-state index >= 15 is 0 Å². The van der Waals surface area contributed by atoms with Crippen LogP contribution in [0.3, 0.4) is 0 Å². The van der Waals surface area contributed by atoms with Crippen LogP contribution in [0.25, 0.3) is 16.4 Å². The Morgan fingerprint density at radius 3 is 2.61 bits per heavy atom. The van der Waals surface area contributed by atoms with Crippen LogP contribution in [-0.2, 0) is 4.74 Å². The number of thiophene rings is 1. The third-order valence-corrected chi connectivity index (χ3v) is 7.55. The lowest BCUT2D eigenvalue weighted by atomic mass is 10.1. The number of hydrogen-bond donors (Lipinski definition) is 0. The van der Waals surface area contributed by atoms with Crippen LogP contribution in [0.4, 0.5) is 0 Å². The van der Waals surface area contributed by atoms with Gasteiger partial charge in [-0.2, -0.15) is 0 Å². The van der Waals surface area contributed by atoms with E-state index in [9.17, 15) is 9.59 Å². The molecule has 0 amide bonds. The number of ether oxygens (including phenoxy) is 1. The number of benzene rings is 1. The van der Waals surface area contributed by atoms with Crippen molar-refractivity contribution < 1.29 is 14.3 Å². The molecule has 0 aliphatic rings. The smallest absolute Gasteiger partial charge is 0.341 e. The number of nitrogens with zero attached hydrogens (tertiary/aromatic N) is 1. The highest BCUT2D eigenvalue weighted by molar-refractivity contribution is 8.01. The second-order valence-corrected chi connectivity index (χ2v) is 9.70. The molecule has 0 bridgehead atoms. The van der Waals surface area contributed by atoms with E-state index in [1.54, 1.807) is 30.8 Å². The fourth-order valence-corrected chi connectivity index (χ4v) is 5.92. The molecule has 0 spiro atoms. The number of fused-ring (bicyclic) bond motifs is 3. The van der Waals surface area contributed by atoms with Crippen LogP contribution in [0.1, 0.15) is 45.0 Å². The highest BCUT2D eigenvalue weighted by atomic mass is 32.2. The van der Waals surface area contributed by atoms with Gasteiger partial charge < -0.3 is 9.14 Å². The summed E-state index contributed by atoms with van der Waals surface area (Å²) in [5.74, 6) is 0.246. The molecule has 0 unspecified atom stereocenters. The van der Waals surface area contributed by atoms with Gasteiger partial charge in [-0.25, -0.2) is 4.79 Å². The monoisotopic (exact) mass is 449 g/mol. The van der Waals surface area contributed by atoms with E-state index in [4.69, 9.17) is 4.74 Å². The fraction of sp³-hybridized carbons (Fsp3) is 0.200. The highest BCUT2D eigenvalue weighted by Crippen LogP contribution is 2.44. The summed E-state index contributed by atoms with van der Waals surface area (Å²) in [6.45, 7) is 10.0. The summed E-state index contributed by atoms with van der Waals surface area (Å²) >= 11 is 3.08. The molecule has 31 heavy (non-hydrogen) atoms. The number of aryl methyl sites for hydroxylation is 1. The van der Waals surface area contributed by atoms with Gasteiger partial charge in [-0.3, -0.25) is 4.79 Å². The minimum Gasteiger partial charge on any atom is -0.462 e. The molecule has 0 saturated heterocycles. The van der Waals surface area contributed by atoms with Crippen LogP contribution >= 0.6 is 23.1 Å². The van der Waals surface area contributed by atoms with Gasteiger partial charge >= 0.3 is 5.97 Å². The van der Waals surface area contributed by atoms with E-state index in [0.717, 1.165) is 32.1 Å². The number of hydrogen-bond acceptors (Lipinski definition) is 5. The Morgan fingerprint density at radius 2 is 1.94 bits per heavy atom. The largest absolute Gasteiger partial charge is 0.462 e. The summed E-state index contributed by atoms with van der Waals surface area (Å²) in [7, 11) is 0. The Balaban J connectivity index is 2.07. The number of ketones is 1. The molecule has 158 valence electrons. The molecule has 3 heterocycles. The van der Waals surface area contributed by atoms with E-state index < -0.39 is 5.97 Å². The lowest BCUT2D eigenvalue weighted by molar-refractivity contribution is 0.0531. The quantitative estimate of drug-likeness (QED) is 0.139. The maximum Gasteiger partial charge on any atom is 0.341 e. The molecule has 0 saturated carbocycles. The normalized spacial score (nSPS) is 11.2. The highest BCUT2D eigenvalue weighted by Gasteiger charge is 2.29. The Bertz CT molecular complexity index is 1320. The first-order valence-corrected chi connectivity index (χ1v) is 11.8. The fourth-order valence-electron chi connectivity index (χ4n) is 3.55. The number of thioether (sulfide) groups is 1. The molecular formula is C25H23NO3S2. The van der Waals surface area contributed by atoms with Crippen LogP contribution in [0.2, 0.25) is 0 Å². The SMILES string of the molecule is C=C(C)CSc1sc(C(=O)c2ccccc2)c2c(C(=O)OCC)c3cc(C)ccn3c12. The van der Waals surface area contributed by atoms with Gasteiger partial charge in [0.2, 0.25) is 5.78 Å². The predicted molar refractivity (Wildman–Crippen MR) is 129 cm³/mol. The van der Waals surface area contributed by atoms with Crippen molar-refractivity contribution in [2.24, 2.45) is 0 Å². The van der Waals surface area contributed by atoms with Crippen molar-refractivity contribution in [2.45, 2.75) is 25.0 Å². The summed E-state index contributed by atoms with van der Waals surface area (Å²) in [6.07, 6.45) is 1.96. The third kappa shape index (κ3) is 3.93. The average molecular weight is 450 g/mol. The number of rotatable bonds is 7. The zero-order valence-corrected chi connectivity index (χ0v) is 19.4. The van der Waals surface area contributed by atoms with Crippen LogP contribution < -0.4 is 0 Å². The van der Waals surface area contributed by atoms with E-state index in [0.29, 0.717) is 21.4 Å². The molecule has 4 nitrogen and oxygen atoms in total. The molecule has 6 heteroatoms. The third-order valence-electron chi connectivity index (χ3n) is 4.88. The van der Waals surface area contributed by atoms with Crippen molar-refractivity contribution in [2.75, 3.05) is 12.4 Å². The van der Waals surface area contributed by atoms with Crippen LogP contribution in [0.15, 0.2) is 65.0 Å². The Labute approximate surface area is 189 Å². The molecule has 4 rings (SSSR count). The van der Waals surface area contributed by atoms with Crippen LogP contribution in [0, 0.1) is 6.92 Å². The zero-order valence-electron chi connectivity index (χ0n) is 17.7. The molecule has 0 N–H and O–H groups in total. The van der Waals surface area contributed by atoms with Gasteiger partial charge in [-0.05, 0) is 38.5 Å². The first-order chi connectivity index (χ1) is 14.9. The second kappa shape index (κ2) is 8.73. The maximum absolute atomic E-state index is 13.5. The maximum atomic E-state index is 13.5. The van der Waals surface area contributed by atoms with Gasteiger partial charge in [0.25, 0.3) is 0 Å². The summed E-state index contributed by atoms with van der Waals surface area (Å²) in [5.41, 5.74) is 4.78. The number of aromatic nitrogens is 1. The summed E-state index contributed by atoms with van der Waals surface area (Å²) in [5, 5.41) is 0.673. The molecule has 0 aliphatic carbocycles. The Morgan fingerprint density at radius 1 is 1.19 bits per heavy atom. The lowest BCUT2D eigenvalue weighted by Gasteiger charge is -2.05. The minimum atomic E-state index is -0.406. The van der Waals surface area contributed by atoms with Gasteiger partial charge in [-0.1, -0.05) is 42.5 Å². The second-order valence-electron chi connectivity index (χ2n) is 7.44. The van der Waals surface area contributed by atoms with Gasteiger partial charge in [0.1, 0.15) is 0 Å². The minimum absolute atomic E-state index is 0.0871. The standard InChI is InChI=1S/C25H23NO3S2/c1-5-29-24(28)19-18-13-16(4)11-12-26(18)21-20(19)23(31-25(21)30-14-15(2)3)22(27)17-9-7-6-8-10-17/h6-13H,2,5,14H2,1,3-4H3. The lowest BCUT2D eigenvalue weighted by Crippen LogP contribution is -2.06. The molecule has 3 aromatic heterocycles. The molecule has 1 aromatic carbocycles. The van der Waals surface area contributed by atoms with Crippen molar-refractivity contribution in [1.29, 1.82) is 0 Å². The first-order valence-electron chi connectivity index (χ1n) is 10.0. The van der Waals surface area contributed by atoms with E-state index in [1.807, 2.05) is 54.8 Å². The zero-order chi connectivity index (χ0) is 22.1. The predicted octanol–water partition coefficient (Wildman–Crippen LogP) is 6.54. The van der Waals surface area contributed by atoms with Crippen LogP contribution in [0.5, 0.6) is 0 Å². The van der Waals surface area contributed by atoms with Gasteiger partial charge in [0.05, 0.1) is 32.3 Å². The van der Waals surface area contributed by atoms with E-state index in [2.05, 4.69) is 6.58 Å². The summed E-state index contributed by atoms with van der Waals surface area (Å²) < 4.78 is 8.41. The van der Waals surface area contributed by atoms with E-state index in [1.165, 1.54) is 11.3 Å². The summed E-state index contributed by atoms with van der Waals surface area (Å²) in [4.78, 5) is 27.1. The Kier molecular flexibility index (Phi) is 6.03. The molecular weight excluding hydrogens is 426 g/mol. The van der Waals surface area contributed by atoms with Gasteiger partial charge in [0, 0.05) is 22.9 Å².